The Morgan fingerprint density at radius 3 is 2.75 bits per heavy atom. The van der Waals surface area contributed by atoms with Gasteiger partial charge in [-0.2, -0.15) is 0 Å². The predicted octanol–water partition coefficient (Wildman–Crippen LogP) is 2.61. The summed E-state index contributed by atoms with van der Waals surface area (Å²) in [6.45, 7) is 5.58. The van der Waals surface area contributed by atoms with Gasteiger partial charge in [0.1, 0.15) is 0 Å². The summed E-state index contributed by atoms with van der Waals surface area (Å²) >= 11 is 0. The average Bonchev–Trinajstić information content (AvgIpc) is 2.29. The number of rotatable bonds is 6. The molecule has 1 aromatic heterocycles. The minimum absolute atomic E-state index is 0.269. The molecule has 1 heterocycles. The van der Waals surface area contributed by atoms with Gasteiger partial charge in [-0.15, -0.1) is 0 Å². The Kier molecular flexibility index (Phi) is 4.70. The van der Waals surface area contributed by atoms with Crippen LogP contribution < -0.4 is 0 Å². The lowest BCUT2D eigenvalue weighted by Crippen LogP contribution is -2.00. The van der Waals surface area contributed by atoms with Crippen LogP contribution >= 0.6 is 0 Å². The SMILES string of the molecule is C=C(CCCc1ccc(CC)cn1)C(=O)O. The van der Waals surface area contributed by atoms with Gasteiger partial charge >= 0.3 is 5.97 Å². The standard InChI is InChI=1S/C13H17NO2/c1-3-11-7-8-12(14-9-11)6-4-5-10(2)13(15)16/h7-9H,2-6H2,1H3,(H,15,16). The van der Waals surface area contributed by atoms with Gasteiger partial charge in [0.15, 0.2) is 0 Å². The topological polar surface area (TPSA) is 50.2 Å². The smallest absolute Gasteiger partial charge is 0.330 e. The number of carboxylic acid groups (broad SMARTS) is 1. The molecule has 0 radical (unpaired) electrons. The maximum absolute atomic E-state index is 10.5. The first kappa shape index (κ1) is 12.4. The Morgan fingerprint density at radius 1 is 1.50 bits per heavy atom. The predicted molar refractivity (Wildman–Crippen MR) is 63.3 cm³/mol. The van der Waals surface area contributed by atoms with Gasteiger partial charge in [-0.25, -0.2) is 4.79 Å². The first-order chi connectivity index (χ1) is 7.63. The van der Waals surface area contributed by atoms with E-state index in [0.29, 0.717) is 6.42 Å². The highest BCUT2D eigenvalue weighted by atomic mass is 16.4. The second-order valence-electron chi connectivity index (χ2n) is 3.77. The normalized spacial score (nSPS) is 10.1. The van der Waals surface area contributed by atoms with E-state index in [1.807, 2.05) is 12.3 Å². The number of aromatic nitrogens is 1. The zero-order valence-corrected chi connectivity index (χ0v) is 9.57. The fourth-order valence-electron chi connectivity index (χ4n) is 1.40. The van der Waals surface area contributed by atoms with Crippen molar-refractivity contribution in [3.8, 4) is 0 Å². The highest BCUT2D eigenvalue weighted by Crippen LogP contribution is 2.08. The number of nitrogens with zero attached hydrogens (tertiary/aromatic N) is 1. The Hall–Kier alpha value is -1.64. The van der Waals surface area contributed by atoms with Crippen LogP contribution in [-0.2, 0) is 17.6 Å². The molecule has 1 N–H and O–H groups in total. The van der Waals surface area contributed by atoms with E-state index in [-0.39, 0.29) is 5.57 Å². The molecule has 0 fully saturated rings. The van der Waals surface area contributed by atoms with Crippen LogP contribution in [0.2, 0.25) is 0 Å². The molecule has 16 heavy (non-hydrogen) atoms. The average molecular weight is 219 g/mol. The zero-order valence-electron chi connectivity index (χ0n) is 9.57. The summed E-state index contributed by atoms with van der Waals surface area (Å²) in [5.41, 5.74) is 2.50. The van der Waals surface area contributed by atoms with E-state index in [9.17, 15) is 4.79 Å². The van der Waals surface area contributed by atoms with Gasteiger partial charge in [-0.1, -0.05) is 19.6 Å². The molecule has 86 valence electrons. The number of aryl methyl sites for hydroxylation is 2. The van der Waals surface area contributed by atoms with E-state index in [0.717, 1.165) is 25.0 Å². The Bertz CT molecular complexity index is 368. The van der Waals surface area contributed by atoms with Gasteiger partial charge in [-0.3, -0.25) is 4.98 Å². The molecule has 0 saturated heterocycles. The van der Waals surface area contributed by atoms with E-state index < -0.39 is 5.97 Å². The fraction of sp³-hybridized carbons (Fsp3) is 0.385. The van der Waals surface area contributed by atoms with Gasteiger partial charge in [-0.05, 0) is 37.3 Å². The van der Waals surface area contributed by atoms with E-state index in [1.165, 1.54) is 5.56 Å². The van der Waals surface area contributed by atoms with Crippen LogP contribution in [-0.4, -0.2) is 16.1 Å². The summed E-state index contributed by atoms with van der Waals surface area (Å²) in [5.74, 6) is -0.908. The molecule has 3 heteroatoms. The van der Waals surface area contributed by atoms with Gasteiger partial charge in [0, 0.05) is 17.5 Å². The lowest BCUT2D eigenvalue weighted by atomic mass is 10.1. The third kappa shape index (κ3) is 3.85. The maximum Gasteiger partial charge on any atom is 0.330 e. The van der Waals surface area contributed by atoms with E-state index in [2.05, 4.69) is 24.6 Å². The van der Waals surface area contributed by atoms with Gasteiger partial charge in [0.05, 0.1) is 0 Å². The van der Waals surface area contributed by atoms with E-state index >= 15 is 0 Å². The molecule has 0 bridgehead atoms. The van der Waals surface area contributed by atoms with Gasteiger partial charge in [0.2, 0.25) is 0 Å². The Balaban J connectivity index is 2.37. The number of pyridine rings is 1. The lowest BCUT2D eigenvalue weighted by molar-refractivity contribution is -0.132. The van der Waals surface area contributed by atoms with Crippen LogP contribution in [0.5, 0.6) is 0 Å². The summed E-state index contributed by atoms with van der Waals surface area (Å²) in [4.78, 5) is 14.8. The van der Waals surface area contributed by atoms with Crippen molar-refractivity contribution in [1.82, 2.24) is 4.98 Å². The number of carbonyl (C=O) groups is 1. The highest BCUT2D eigenvalue weighted by Gasteiger charge is 2.03. The fourth-order valence-corrected chi connectivity index (χ4v) is 1.40. The first-order valence-electron chi connectivity index (χ1n) is 5.48. The molecule has 0 spiro atoms. The van der Waals surface area contributed by atoms with Crippen molar-refractivity contribution in [2.24, 2.45) is 0 Å². The van der Waals surface area contributed by atoms with Crippen molar-refractivity contribution < 1.29 is 9.90 Å². The van der Waals surface area contributed by atoms with Crippen molar-refractivity contribution in [3.63, 3.8) is 0 Å². The lowest BCUT2D eigenvalue weighted by Gasteiger charge is -2.02. The second kappa shape index (κ2) is 6.05. The molecular weight excluding hydrogens is 202 g/mol. The molecular formula is C13H17NO2. The number of hydrogen-bond donors (Lipinski definition) is 1. The van der Waals surface area contributed by atoms with Crippen LogP contribution in [0.15, 0.2) is 30.5 Å². The van der Waals surface area contributed by atoms with Gasteiger partial charge < -0.3 is 5.11 Å². The van der Waals surface area contributed by atoms with E-state index in [4.69, 9.17) is 5.11 Å². The molecule has 0 aliphatic heterocycles. The Morgan fingerprint density at radius 2 is 2.25 bits per heavy atom. The molecule has 0 saturated carbocycles. The first-order valence-corrected chi connectivity index (χ1v) is 5.48. The van der Waals surface area contributed by atoms with Crippen molar-refractivity contribution in [1.29, 1.82) is 0 Å². The minimum Gasteiger partial charge on any atom is -0.478 e. The van der Waals surface area contributed by atoms with Crippen LogP contribution in [0.1, 0.15) is 31.0 Å². The van der Waals surface area contributed by atoms with Crippen LogP contribution in [0.4, 0.5) is 0 Å². The van der Waals surface area contributed by atoms with E-state index in [1.54, 1.807) is 0 Å². The quantitative estimate of drug-likeness (QED) is 0.748. The molecule has 3 nitrogen and oxygen atoms in total. The van der Waals surface area contributed by atoms with Crippen molar-refractivity contribution in [2.45, 2.75) is 32.6 Å². The molecule has 0 unspecified atom stereocenters. The van der Waals surface area contributed by atoms with Crippen molar-refractivity contribution in [2.75, 3.05) is 0 Å². The molecule has 0 aromatic carbocycles. The van der Waals surface area contributed by atoms with Crippen molar-refractivity contribution in [3.05, 3.63) is 41.7 Å². The number of carboxylic acids is 1. The molecule has 0 aliphatic carbocycles. The number of hydrogen-bond acceptors (Lipinski definition) is 2. The molecule has 0 atom stereocenters. The summed E-state index contributed by atoms with van der Waals surface area (Å²) < 4.78 is 0. The Labute approximate surface area is 95.8 Å². The maximum atomic E-state index is 10.5. The van der Waals surface area contributed by atoms with Crippen LogP contribution in [0.25, 0.3) is 0 Å². The molecule has 0 aliphatic rings. The molecule has 1 rings (SSSR count). The minimum atomic E-state index is -0.908. The van der Waals surface area contributed by atoms with Gasteiger partial charge in [0.25, 0.3) is 0 Å². The second-order valence-corrected chi connectivity index (χ2v) is 3.77. The molecule has 0 amide bonds. The molecule has 1 aromatic rings. The summed E-state index contributed by atoms with van der Waals surface area (Å²) in [6, 6.07) is 4.07. The number of aliphatic carboxylic acids is 1. The van der Waals surface area contributed by atoms with Crippen LogP contribution in [0, 0.1) is 0 Å². The third-order valence-electron chi connectivity index (χ3n) is 2.51. The van der Waals surface area contributed by atoms with Crippen molar-refractivity contribution >= 4 is 5.97 Å². The highest BCUT2D eigenvalue weighted by molar-refractivity contribution is 5.85. The summed E-state index contributed by atoms with van der Waals surface area (Å²) in [5, 5.41) is 8.63. The summed E-state index contributed by atoms with van der Waals surface area (Å²) in [7, 11) is 0. The summed E-state index contributed by atoms with van der Waals surface area (Å²) in [6.07, 6.45) is 4.97. The third-order valence-corrected chi connectivity index (χ3v) is 2.51. The zero-order chi connectivity index (χ0) is 12.0. The van der Waals surface area contributed by atoms with Crippen LogP contribution in [0.3, 0.4) is 0 Å². The largest absolute Gasteiger partial charge is 0.478 e. The monoisotopic (exact) mass is 219 g/mol.